The molecule has 0 saturated heterocycles. The van der Waals surface area contributed by atoms with Crippen molar-refractivity contribution in [2.45, 2.75) is 12.5 Å². The van der Waals surface area contributed by atoms with Gasteiger partial charge in [-0.05, 0) is 23.8 Å². The van der Waals surface area contributed by atoms with E-state index in [0.717, 1.165) is 5.56 Å². The molecule has 0 amide bonds. The van der Waals surface area contributed by atoms with E-state index in [0.29, 0.717) is 11.1 Å². The Labute approximate surface area is 116 Å². The molecule has 2 aromatic rings. The first kappa shape index (κ1) is 13.4. The fourth-order valence-electron chi connectivity index (χ4n) is 1.66. The topological polar surface area (TPSA) is 33.0 Å². The van der Waals surface area contributed by atoms with Crippen LogP contribution in [0.1, 0.15) is 16.7 Å². The van der Waals surface area contributed by atoms with Crippen molar-refractivity contribution < 1.29 is 9.13 Å². The van der Waals surface area contributed by atoms with Gasteiger partial charge in [0.05, 0.1) is 11.6 Å². The van der Waals surface area contributed by atoms with Gasteiger partial charge in [0.2, 0.25) is 0 Å². The summed E-state index contributed by atoms with van der Waals surface area (Å²) in [7, 11) is 0. The molecule has 2 nitrogen and oxygen atoms in total. The molecule has 0 atom stereocenters. The van der Waals surface area contributed by atoms with Crippen molar-refractivity contribution in [3.63, 3.8) is 0 Å². The van der Waals surface area contributed by atoms with Crippen LogP contribution in [0.3, 0.4) is 0 Å². The Balaban J connectivity index is 2.13. The largest absolute Gasteiger partial charge is 0.486 e. The summed E-state index contributed by atoms with van der Waals surface area (Å²) in [6.07, 6.45) is 0. The minimum Gasteiger partial charge on any atom is -0.486 e. The summed E-state index contributed by atoms with van der Waals surface area (Å²) in [5.41, 5.74) is 1.95. The van der Waals surface area contributed by atoms with Crippen molar-refractivity contribution in [2.75, 3.05) is 0 Å². The first-order valence-electron chi connectivity index (χ1n) is 5.70. The highest BCUT2D eigenvalue weighted by Crippen LogP contribution is 2.21. The summed E-state index contributed by atoms with van der Waals surface area (Å²) in [6, 6.07) is 13.7. The molecule has 0 aliphatic carbocycles. The molecular weight excluding hydrogens is 265 g/mol. The summed E-state index contributed by atoms with van der Waals surface area (Å²) < 4.78 is 19.1. The van der Waals surface area contributed by atoms with E-state index < -0.39 is 5.82 Å². The van der Waals surface area contributed by atoms with E-state index in [1.54, 1.807) is 30.3 Å². The third-order valence-corrected chi connectivity index (χ3v) is 2.98. The first-order chi connectivity index (χ1) is 9.24. The average Bonchev–Trinajstić information content (AvgIpc) is 2.46. The minimum absolute atomic E-state index is 0.154. The van der Waals surface area contributed by atoms with Gasteiger partial charge in [-0.3, -0.25) is 0 Å². The lowest BCUT2D eigenvalue weighted by molar-refractivity contribution is 0.290. The highest BCUT2D eigenvalue weighted by molar-refractivity contribution is 6.17. The number of benzene rings is 2. The molecule has 0 aromatic heterocycles. The second-order valence-electron chi connectivity index (χ2n) is 3.96. The van der Waals surface area contributed by atoms with Crippen LogP contribution < -0.4 is 4.74 Å². The van der Waals surface area contributed by atoms with Gasteiger partial charge in [-0.25, -0.2) is 4.39 Å². The van der Waals surface area contributed by atoms with Crippen LogP contribution in [0.2, 0.25) is 0 Å². The Hall–Kier alpha value is -2.05. The summed E-state index contributed by atoms with van der Waals surface area (Å²) in [5.74, 6) is -0.0386. The maximum atomic E-state index is 13.7. The molecule has 0 radical (unpaired) electrons. The van der Waals surface area contributed by atoms with Gasteiger partial charge in [-0.1, -0.05) is 24.3 Å². The zero-order chi connectivity index (χ0) is 13.7. The van der Waals surface area contributed by atoms with Crippen LogP contribution in [-0.2, 0) is 12.5 Å². The molecule has 0 aliphatic heterocycles. The van der Waals surface area contributed by atoms with Crippen molar-refractivity contribution >= 4 is 11.6 Å². The molecule has 0 spiro atoms. The van der Waals surface area contributed by atoms with Crippen molar-refractivity contribution in [1.29, 1.82) is 5.26 Å². The van der Waals surface area contributed by atoms with Crippen LogP contribution in [0.15, 0.2) is 42.5 Å². The van der Waals surface area contributed by atoms with Crippen LogP contribution in [0.5, 0.6) is 5.75 Å². The van der Waals surface area contributed by atoms with E-state index in [1.165, 1.54) is 6.07 Å². The van der Waals surface area contributed by atoms with Gasteiger partial charge in [-0.15, -0.1) is 11.6 Å². The number of hydrogen-bond acceptors (Lipinski definition) is 2. The number of halogens is 2. The predicted octanol–water partition coefficient (Wildman–Crippen LogP) is 4.02. The molecule has 2 aromatic carbocycles. The molecule has 96 valence electrons. The zero-order valence-corrected chi connectivity index (χ0v) is 10.8. The van der Waals surface area contributed by atoms with E-state index in [4.69, 9.17) is 21.6 Å². The fourth-order valence-corrected chi connectivity index (χ4v) is 1.82. The fraction of sp³-hybridized carbons (Fsp3) is 0.133. The standard InChI is InChI=1S/C15H11ClFNO/c16-8-11-5-6-15(14(17)7-11)19-10-13-4-2-1-3-12(13)9-18/h1-7H,8,10H2. The van der Waals surface area contributed by atoms with Gasteiger partial charge >= 0.3 is 0 Å². The maximum absolute atomic E-state index is 13.7. The summed E-state index contributed by atoms with van der Waals surface area (Å²) in [5, 5.41) is 8.94. The molecule has 19 heavy (non-hydrogen) atoms. The molecular formula is C15H11ClFNO. The highest BCUT2D eigenvalue weighted by Gasteiger charge is 2.06. The number of hydrogen-bond donors (Lipinski definition) is 0. The van der Waals surface area contributed by atoms with Gasteiger partial charge in [-0.2, -0.15) is 5.26 Å². The quantitative estimate of drug-likeness (QED) is 0.790. The third-order valence-electron chi connectivity index (χ3n) is 2.67. The molecule has 0 fully saturated rings. The number of nitrogens with zero attached hydrogens (tertiary/aromatic N) is 1. The molecule has 2 rings (SSSR count). The minimum atomic E-state index is -0.451. The third kappa shape index (κ3) is 3.24. The number of alkyl halides is 1. The lowest BCUT2D eigenvalue weighted by Gasteiger charge is -2.09. The second kappa shape index (κ2) is 6.21. The summed E-state index contributed by atoms with van der Waals surface area (Å²) in [6.45, 7) is 0.154. The van der Waals surface area contributed by atoms with Gasteiger partial charge in [0.15, 0.2) is 11.6 Å². The van der Waals surface area contributed by atoms with E-state index in [1.807, 2.05) is 6.07 Å². The highest BCUT2D eigenvalue weighted by atomic mass is 35.5. The van der Waals surface area contributed by atoms with Gasteiger partial charge in [0.1, 0.15) is 6.61 Å². The van der Waals surface area contributed by atoms with Crippen LogP contribution >= 0.6 is 11.6 Å². The Morgan fingerprint density at radius 1 is 1.21 bits per heavy atom. The molecule has 0 aliphatic rings. The van der Waals surface area contributed by atoms with Crippen molar-refractivity contribution in [1.82, 2.24) is 0 Å². The van der Waals surface area contributed by atoms with Crippen LogP contribution in [0, 0.1) is 17.1 Å². The lowest BCUT2D eigenvalue weighted by Crippen LogP contribution is -2.00. The molecule has 0 saturated carbocycles. The Kier molecular flexibility index (Phi) is 4.38. The van der Waals surface area contributed by atoms with Crippen LogP contribution in [-0.4, -0.2) is 0 Å². The van der Waals surface area contributed by atoms with Crippen molar-refractivity contribution in [3.05, 3.63) is 65.0 Å². The summed E-state index contributed by atoms with van der Waals surface area (Å²) in [4.78, 5) is 0. The van der Waals surface area contributed by atoms with E-state index in [2.05, 4.69) is 6.07 Å². The molecule has 4 heteroatoms. The van der Waals surface area contributed by atoms with E-state index in [9.17, 15) is 4.39 Å². The molecule has 0 heterocycles. The normalized spacial score (nSPS) is 9.95. The number of rotatable bonds is 4. The lowest BCUT2D eigenvalue weighted by atomic mass is 10.1. The SMILES string of the molecule is N#Cc1ccccc1COc1ccc(CCl)cc1F. The average molecular weight is 276 g/mol. The maximum Gasteiger partial charge on any atom is 0.165 e. The van der Waals surface area contributed by atoms with Crippen LogP contribution in [0.4, 0.5) is 4.39 Å². The monoisotopic (exact) mass is 275 g/mol. The Morgan fingerprint density at radius 2 is 2.00 bits per heavy atom. The van der Waals surface area contributed by atoms with E-state index >= 15 is 0 Å². The Bertz CT molecular complexity index is 622. The second-order valence-corrected chi connectivity index (χ2v) is 4.22. The van der Waals surface area contributed by atoms with Gasteiger partial charge in [0, 0.05) is 11.4 Å². The van der Waals surface area contributed by atoms with Crippen molar-refractivity contribution in [3.8, 4) is 11.8 Å². The predicted molar refractivity (Wildman–Crippen MR) is 71.4 cm³/mol. The zero-order valence-electron chi connectivity index (χ0n) is 10.1. The van der Waals surface area contributed by atoms with E-state index in [-0.39, 0.29) is 18.2 Å². The molecule has 0 bridgehead atoms. The Morgan fingerprint density at radius 3 is 2.68 bits per heavy atom. The first-order valence-corrected chi connectivity index (χ1v) is 6.23. The molecule has 0 N–H and O–H groups in total. The molecule has 0 unspecified atom stereocenters. The van der Waals surface area contributed by atoms with Crippen LogP contribution in [0.25, 0.3) is 0 Å². The van der Waals surface area contributed by atoms with Gasteiger partial charge in [0.25, 0.3) is 0 Å². The number of nitriles is 1. The summed E-state index contributed by atoms with van der Waals surface area (Å²) >= 11 is 5.62. The smallest absolute Gasteiger partial charge is 0.165 e. The van der Waals surface area contributed by atoms with Gasteiger partial charge < -0.3 is 4.74 Å². The number of ether oxygens (including phenoxy) is 1. The van der Waals surface area contributed by atoms with Crippen molar-refractivity contribution in [2.24, 2.45) is 0 Å².